The smallest absolute Gasteiger partial charge is 0.264 e. The average molecular weight is 536 g/mol. The van der Waals surface area contributed by atoms with Crippen molar-refractivity contribution in [2.45, 2.75) is 4.90 Å². The highest BCUT2D eigenvalue weighted by molar-refractivity contribution is 9.10. The van der Waals surface area contributed by atoms with Crippen molar-refractivity contribution in [1.29, 1.82) is 0 Å². The lowest BCUT2D eigenvalue weighted by Gasteiger charge is -2.23. The minimum Gasteiger partial charge on any atom is -0.503 e. The molecule has 11 heteroatoms. The number of ether oxygens (including phenoxy) is 1. The Morgan fingerprint density at radius 3 is 2.48 bits per heavy atom. The maximum atomic E-state index is 13.4. The third kappa shape index (κ3) is 5.88. The molecule has 172 valence electrons. The highest BCUT2D eigenvalue weighted by Crippen LogP contribution is 2.34. The van der Waals surface area contributed by atoms with Gasteiger partial charge in [0.1, 0.15) is 12.4 Å². The normalized spacial score (nSPS) is 11.4. The molecular weight excluding hydrogens is 517 g/mol. The molecule has 0 fully saturated rings. The van der Waals surface area contributed by atoms with Gasteiger partial charge in [-0.15, -0.1) is 0 Å². The standard InChI is InChI=1S/C22H19BrFN3O5S/c1-32-20-12-15(11-19(23)22(20)29)13-25-26-21(28)14-27(17-9-7-16(24)8-10-17)33(30,31)18-5-3-2-4-6-18/h2-13,29H,14H2,1H3,(H,26,28)/b25-13-. The highest BCUT2D eigenvalue weighted by Gasteiger charge is 2.27. The van der Waals surface area contributed by atoms with Crippen LogP contribution in [0.4, 0.5) is 10.1 Å². The summed E-state index contributed by atoms with van der Waals surface area (Å²) in [6.07, 6.45) is 1.30. The first-order valence-corrected chi connectivity index (χ1v) is 11.7. The molecule has 1 amide bonds. The quantitative estimate of drug-likeness (QED) is 0.338. The van der Waals surface area contributed by atoms with Crippen molar-refractivity contribution in [3.63, 3.8) is 0 Å². The summed E-state index contributed by atoms with van der Waals surface area (Å²) >= 11 is 3.19. The predicted octanol–water partition coefficient (Wildman–Crippen LogP) is 3.65. The van der Waals surface area contributed by atoms with Crippen LogP contribution in [0.1, 0.15) is 5.56 Å². The molecule has 0 aromatic heterocycles. The van der Waals surface area contributed by atoms with E-state index in [9.17, 15) is 22.7 Å². The molecule has 0 aliphatic heterocycles. The number of anilines is 1. The van der Waals surface area contributed by atoms with Gasteiger partial charge in [0.05, 0.1) is 28.4 Å². The van der Waals surface area contributed by atoms with Crippen molar-refractivity contribution in [2.75, 3.05) is 18.0 Å². The van der Waals surface area contributed by atoms with Crippen molar-refractivity contribution in [1.82, 2.24) is 5.43 Å². The fourth-order valence-electron chi connectivity index (χ4n) is 2.81. The molecule has 3 aromatic rings. The minimum atomic E-state index is -4.11. The molecule has 3 aromatic carbocycles. The third-order valence-electron chi connectivity index (χ3n) is 4.41. The Balaban J connectivity index is 1.82. The van der Waals surface area contributed by atoms with E-state index in [4.69, 9.17) is 4.74 Å². The molecule has 2 N–H and O–H groups in total. The first-order valence-electron chi connectivity index (χ1n) is 9.44. The maximum Gasteiger partial charge on any atom is 0.264 e. The van der Waals surface area contributed by atoms with E-state index in [-0.39, 0.29) is 22.1 Å². The zero-order chi connectivity index (χ0) is 24.0. The molecule has 0 atom stereocenters. The van der Waals surface area contributed by atoms with Gasteiger partial charge in [-0.1, -0.05) is 18.2 Å². The number of nitrogens with one attached hydrogen (secondary N) is 1. The van der Waals surface area contributed by atoms with E-state index in [0.29, 0.717) is 10.0 Å². The zero-order valence-electron chi connectivity index (χ0n) is 17.3. The molecular formula is C22H19BrFN3O5S. The number of nitrogens with zero attached hydrogens (tertiary/aromatic N) is 2. The van der Waals surface area contributed by atoms with E-state index < -0.39 is 28.3 Å². The van der Waals surface area contributed by atoms with E-state index in [2.05, 4.69) is 26.5 Å². The molecule has 0 saturated carbocycles. The summed E-state index contributed by atoms with van der Waals surface area (Å²) in [6.45, 7) is -0.594. The van der Waals surface area contributed by atoms with Crippen LogP contribution in [-0.2, 0) is 14.8 Å². The molecule has 33 heavy (non-hydrogen) atoms. The Morgan fingerprint density at radius 1 is 1.18 bits per heavy atom. The molecule has 0 saturated heterocycles. The number of hydrazone groups is 1. The third-order valence-corrected chi connectivity index (χ3v) is 6.80. The lowest BCUT2D eigenvalue weighted by atomic mass is 10.2. The van der Waals surface area contributed by atoms with Crippen molar-refractivity contribution in [3.05, 3.63) is 82.6 Å². The number of hydrogen-bond donors (Lipinski definition) is 2. The number of carbonyl (C=O) groups is 1. The van der Waals surface area contributed by atoms with E-state index in [0.717, 1.165) is 16.4 Å². The second-order valence-corrected chi connectivity index (χ2v) is 9.36. The molecule has 0 radical (unpaired) electrons. The Labute approximate surface area is 198 Å². The number of phenolic OH excluding ortho intramolecular Hbond substituents is 1. The summed E-state index contributed by atoms with van der Waals surface area (Å²) in [5, 5.41) is 13.7. The molecule has 8 nitrogen and oxygen atoms in total. The molecule has 0 aliphatic carbocycles. The van der Waals surface area contributed by atoms with Gasteiger partial charge in [0, 0.05) is 0 Å². The van der Waals surface area contributed by atoms with Crippen LogP contribution in [-0.4, -0.2) is 39.3 Å². The Hall–Kier alpha value is -3.44. The fourth-order valence-corrected chi connectivity index (χ4v) is 4.71. The van der Waals surface area contributed by atoms with E-state index in [1.54, 1.807) is 24.3 Å². The number of hydrogen-bond acceptors (Lipinski definition) is 6. The SMILES string of the molecule is COc1cc(/C=N\NC(=O)CN(c2ccc(F)cc2)S(=O)(=O)c2ccccc2)cc(Br)c1O. The van der Waals surface area contributed by atoms with Crippen molar-refractivity contribution >= 4 is 43.8 Å². The van der Waals surface area contributed by atoms with Crippen molar-refractivity contribution in [2.24, 2.45) is 5.10 Å². The molecule has 3 rings (SSSR count). The number of rotatable bonds is 8. The highest BCUT2D eigenvalue weighted by atomic mass is 79.9. The summed E-state index contributed by atoms with van der Waals surface area (Å²) in [5.74, 6) is -1.14. The van der Waals surface area contributed by atoms with Crippen LogP contribution >= 0.6 is 15.9 Å². The van der Waals surface area contributed by atoms with Crippen LogP contribution < -0.4 is 14.5 Å². The van der Waals surface area contributed by atoms with Gasteiger partial charge in [-0.05, 0) is 70.0 Å². The van der Waals surface area contributed by atoms with Crippen molar-refractivity contribution in [3.8, 4) is 11.5 Å². The largest absolute Gasteiger partial charge is 0.503 e. The molecule has 0 aliphatic rings. The summed E-state index contributed by atoms with van der Waals surface area (Å²) in [6, 6.07) is 15.4. The van der Waals surface area contributed by atoms with Crippen LogP contribution in [0.2, 0.25) is 0 Å². The summed E-state index contributed by atoms with van der Waals surface area (Å²) < 4.78 is 46.0. The summed E-state index contributed by atoms with van der Waals surface area (Å²) in [4.78, 5) is 12.5. The van der Waals surface area contributed by atoms with Gasteiger partial charge >= 0.3 is 0 Å². The fraction of sp³-hybridized carbons (Fsp3) is 0.0909. The number of phenols is 1. The number of benzene rings is 3. The number of halogens is 2. The Bertz CT molecular complexity index is 1270. The Kier molecular flexibility index (Phi) is 7.67. The van der Waals surface area contributed by atoms with Crippen molar-refractivity contribution < 1.29 is 27.4 Å². The van der Waals surface area contributed by atoms with Crippen LogP contribution in [0.5, 0.6) is 11.5 Å². The van der Waals surface area contributed by atoms with Gasteiger partial charge < -0.3 is 9.84 Å². The van der Waals surface area contributed by atoms with Crippen LogP contribution in [0.3, 0.4) is 0 Å². The second-order valence-electron chi connectivity index (χ2n) is 6.65. The van der Waals surface area contributed by atoms with Gasteiger partial charge in [-0.3, -0.25) is 9.10 Å². The number of aromatic hydroxyl groups is 1. The topological polar surface area (TPSA) is 108 Å². The number of amides is 1. The van der Waals surface area contributed by atoms with Crippen LogP contribution in [0, 0.1) is 5.82 Å². The summed E-state index contributed by atoms with van der Waals surface area (Å²) in [5.41, 5.74) is 2.89. The lowest BCUT2D eigenvalue weighted by Crippen LogP contribution is -2.39. The van der Waals surface area contributed by atoms with Gasteiger partial charge in [0.25, 0.3) is 15.9 Å². The molecule has 0 unspecified atom stereocenters. The van der Waals surface area contributed by atoms with E-state index >= 15 is 0 Å². The average Bonchev–Trinajstić information content (AvgIpc) is 2.81. The monoisotopic (exact) mass is 535 g/mol. The number of carbonyl (C=O) groups excluding carboxylic acids is 1. The maximum absolute atomic E-state index is 13.4. The van der Waals surface area contributed by atoms with Gasteiger partial charge in [-0.2, -0.15) is 5.10 Å². The zero-order valence-corrected chi connectivity index (χ0v) is 19.7. The second kappa shape index (κ2) is 10.5. The molecule has 0 heterocycles. The van der Waals surface area contributed by atoms with Gasteiger partial charge in [0.15, 0.2) is 11.5 Å². The first kappa shape index (κ1) is 24.2. The Morgan fingerprint density at radius 2 is 1.85 bits per heavy atom. The van der Waals surface area contributed by atoms with E-state index in [1.807, 2.05) is 0 Å². The molecule has 0 bridgehead atoms. The van der Waals surface area contributed by atoms with Gasteiger partial charge in [0.2, 0.25) is 0 Å². The number of methoxy groups -OCH3 is 1. The van der Waals surface area contributed by atoms with Gasteiger partial charge in [-0.25, -0.2) is 18.2 Å². The summed E-state index contributed by atoms with van der Waals surface area (Å²) in [7, 11) is -2.72. The number of sulfonamides is 1. The minimum absolute atomic E-state index is 0.0216. The van der Waals surface area contributed by atoms with Crippen LogP contribution in [0.15, 0.2) is 81.2 Å². The van der Waals surface area contributed by atoms with E-state index in [1.165, 1.54) is 43.7 Å². The lowest BCUT2D eigenvalue weighted by molar-refractivity contribution is -0.119. The first-order chi connectivity index (χ1) is 15.7. The molecule has 0 spiro atoms. The van der Waals surface area contributed by atoms with Crippen LogP contribution in [0.25, 0.3) is 0 Å². The predicted molar refractivity (Wildman–Crippen MR) is 125 cm³/mol.